The highest BCUT2D eigenvalue weighted by Crippen LogP contribution is 1.89. The van der Waals surface area contributed by atoms with Gasteiger partial charge in [0.15, 0.2) is 0 Å². The summed E-state index contributed by atoms with van der Waals surface area (Å²) in [7, 11) is 0. The minimum atomic E-state index is 1.07. The molecule has 0 bridgehead atoms. The highest BCUT2D eigenvalue weighted by molar-refractivity contribution is 5.08. The molecule has 0 heteroatoms. The lowest BCUT2D eigenvalue weighted by molar-refractivity contribution is 1.45. The molecule has 0 aliphatic rings. The molecule has 1 aromatic rings. The van der Waals surface area contributed by atoms with Crippen LogP contribution in [-0.4, -0.2) is 0 Å². The summed E-state index contributed by atoms with van der Waals surface area (Å²) in [6.45, 7) is 1.97. The molecule has 2 radical (unpaired) electrons. The van der Waals surface area contributed by atoms with Gasteiger partial charge in [0.1, 0.15) is 0 Å². The van der Waals surface area contributed by atoms with Crippen LogP contribution in [0.5, 0.6) is 0 Å². The molecule has 1 rings (SSSR count). The van der Waals surface area contributed by atoms with Gasteiger partial charge in [0.25, 0.3) is 0 Å². The Morgan fingerprint density at radius 2 is 1.86 bits per heavy atom. The van der Waals surface area contributed by atoms with Gasteiger partial charge in [0.05, 0.1) is 0 Å². The van der Waals surface area contributed by atoms with Gasteiger partial charge in [0, 0.05) is 0 Å². The van der Waals surface area contributed by atoms with Crippen molar-refractivity contribution in [3.8, 4) is 0 Å². The highest BCUT2D eigenvalue weighted by Gasteiger charge is 1.74. The Morgan fingerprint density at radius 1 is 1.29 bits per heavy atom. The van der Waals surface area contributed by atoms with E-state index in [9.17, 15) is 0 Å². The summed E-state index contributed by atoms with van der Waals surface area (Å²) in [5.74, 6) is 0. The molecule has 34 valence electrons. The largest absolute Gasteiger partial charge is 0.0610 e. The maximum absolute atomic E-state index is 2.98. The molecule has 0 aliphatic carbocycles. The molecule has 0 amide bonds. The summed E-state index contributed by atoms with van der Waals surface area (Å²) >= 11 is 0. The van der Waals surface area contributed by atoms with E-state index in [0.717, 1.165) is 5.56 Å². The van der Waals surface area contributed by atoms with Crippen molar-refractivity contribution < 1.29 is 0 Å². The molecule has 0 saturated carbocycles. The fraction of sp³-hybridized carbons (Fsp3) is 0.143. The fourth-order valence-electron chi connectivity index (χ4n) is 0.436. The SMILES string of the molecule is Cc1[c]ccc[c]1. The third kappa shape index (κ3) is 1.04. The van der Waals surface area contributed by atoms with Gasteiger partial charge in [-0.15, -0.1) is 0 Å². The Balaban J connectivity index is 3.02. The first-order chi connectivity index (χ1) is 3.39. The van der Waals surface area contributed by atoms with Gasteiger partial charge in [-0.1, -0.05) is 18.2 Å². The molecule has 0 spiro atoms. The van der Waals surface area contributed by atoms with E-state index < -0.39 is 0 Å². The quantitative estimate of drug-likeness (QED) is 0.454. The third-order valence-corrected chi connectivity index (χ3v) is 0.792. The lowest BCUT2D eigenvalue weighted by Gasteiger charge is -1.80. The zero-order valence-electron chi connectivity index (χ0n) is 4.23. The summed E-state index contributed by atoms with van der Waals surface area (Å²) in [5, 5.41) is 0. The molecule has 0 unspecified atom stereocenters. The molecule has 0 saturated heterocycles. The average molecular weight is 90.1 g/mol. The summed E-state index contributed by atoms with van der Waals surface area (Å²) < 4.78 is 0. The Bertz CT molecular complexity index is 130. The predicted octanol–water partition coefficient (Wildman–Crippen LogP) is 1.60. The van der Waals surface area contributed by atoms with E-state index in [2.05, 4.69) is 12.1 Å². The van der Waals surface area contributed by atoms with Crippen LogP contribution in [0.25, 0.3) is 0 Å². The van der Waals surface area contributed by atoms with Crippen LogP contribution < -0.4 is 0 Å². The van der Waals surface area contributed by atoms with E-state index in [1.54, 1.807) is 0 Å². The van der Waals surface area contributed by atoms with Crippen molar-refractivity contribution in [3.63, 3.8) is 0 Å². The highest BCUT2D eigenvalue weighted by atomic mass is 13.8. The Labute approximate surface area is 43.8 Å². The number of hydrogen-bond donors (Lipinski definition) is 0. The molecule has 0 aliphatic heterocycles. The van der Waals surface area contributed by atoms with E-state index in [-0.39, 0.29) is 0 Å². The molecular formula is C7H6. The number of aryl methyl sites for hydroxylation is 1. The van der Waals surface area contributed by atoms with Crippen LogP contribution in [0.1, 0.15) is 5.56 Å². The van der Waals surface area contributed by atoms with Crippen molar-refractivity contribution >= 4 is 0 Å². The van der Waals surface area contributed by atoms with Crippen molar-refractivity contribution in [3.05, 3.63) is 35.9 Å². The van der Waals surface area contributed by atoms with E-state index >= 15 is 0 Å². The summed E-state index contributed by atoms with van der Waals surface area (Å²) in [5.41, 5.74) is 1.07. The van der Waals surface area contributed by atoms with Crippen molar-refractivity contribution in [2.45, 2.75) is 6.92 Å². The van der Waals surface area contributed by atoms with Crippen molar-refractivity contribution in [2.24, 2.45) is 0 Å². The van der Waals surface area contributed by atoms with Gasteiger partial charge in [-0.25, -0.2) is 0 Å². The van der Waals surface area contributed by atoms with Crippen molar-refractivity contribution in [1.82, 2.24) is 0 Å². The van der Waals surface area contributed by atoms with Gasteiger partial charge in [0.2, 0.25) is 0 Å². The number of benzene rings is 1. The van der Waals surface area contributed by atoms with Gasteiger partial charge < -0.3 is 0 Å². The normalized spacial score (nSPS) is 8.71. The first-order valence-electron chi connectivity index (χ1n) is 2.24. The van der Waals surface area contributed by atoms with E-state index in [1.165, 1.54) is 0 Å². The standard InChI is InChI=1S/C7H6/c1-7-5-3-2-4-6-7/h2-4H,1H3. The van der Waals surface area contributed by atoms with Crippen LogP contribution in [0.4, 0.5) is 0 Å². The molecular weight excluding hydrogens is 84.1 g/mol. The summed E-state index contributed by atoms with van der Waals surface area (Å²) in [4.78, 5) is 0. The predicted molar refractivity (Wildman–Crippen MR) is 28.9 cm³/mol. The van der Waals surface area contributed by atoms with Gasteiger partial charge in [-0.05, 0) is 24.6 Å². The van der Waals surface area contributed by atoms with Crippen LogP contribution in [0, 0.1) is 19.1 Å². The lowest BCUT2D eigenvalue weighted by atomic mass is 10.2. The average Bonchev–Trinajstić information content (AvgIpc) is 1.69. The van der Waals surface area contributed by atoms with Crippen LogP contribution in [0.15, 0.2) is 18.2 Å². The van der Waals surface area contributed by atoms with E-state index in [0.29, 0.717) is 0 Å². The molecule has 0 nitrogen and oxygen atoms in total. The van der Waals surface area contributed by atoms with Crippen LogP contribution in [0.2, 0.25) is 0 Å². The van der Waals surface area contributed by atoms with Gasteiger partial charge in [-0.2, -0.15) is 0 Å². The molecule has 0 heterocycles. The fourth-order valence-corrected chi connectivity index (χ4v) is 0.436. The summed E-state index contributed by atoms with van der Waals surface area (Å²) in [6, 6.07) is 11.6. The van der Waals surface area contributed by atoms with Gasteiger partial charge >= 0.3 is 0 Å². The number of rotatable bonds is 0. The lowest BCUT2D eigenvalue weighted by Crippen LogP contribution is -1.65. The monoisotopic (exact) mass is 90.0 g/mol. The third-order valence-electron chi connectivity index (χ3n) is 0.792. The zero-order valence-corrected chi connectivity index (χ0v) is 4.23. The maximum atomic E-state index is 2.98. The Hall–Kier alpha value is -0.780. The molecule has 0 aromatic heterocycles. The topological polar surface area (TPSA) is 0 Å². The minimum absolute atomic E-state index is 1.07. The van der Waals surface area contributed by atoms with Crippen LogP contribution in [-0.2, 0) is 0 Å². The maximum Gasteiger partial charge on any atom is -0.0146 e. The second kappa shape index (κ2) is 1.78. The number of hydrogen-bond acceptors (Lipinski definition) is 0. The molecule has 0 fully saturated rings. The Kier molecular flexibility index (Phi) is 1.12. The Morgan fingerprint density at radius 3 is 2.14 bits per heavy atom. The van der Waals surface area contributed by atoms with Gasteiger partial charge in [-0.3, -0.25) is 0 Å². The second-order valence-corrected chi connectivity index (χ2v) is 1.44. The van der Waals surface area contributed by atoms with E-state index in [1.807, 2.05) is 25.1 Å². The van der Waals surface area contributed by atoms with Crippen molar-refractivity contribution in [2.75, 3.05) is 0 Å². The molecule has 0 N–H and O–H groups in total. The molecule has 0 atom stereocenters. The molecule has 1 aromatic carbocycles. The first-order valence-corrected chi connectivity index (χ1v) is 2.24. The zero-order chi connectivity index (χ0) is 5.11. The van der Waals surface area contributed by atoms with Crippen molar-refractivity contribution in [1.29, 1.82) is 0 Å². The first kappa shape index (κ1) is 4.38. The minimum Gasteiger partial charge on any atom is -0.0610 e. The second-order valence-electron chi connectivity index (χ2n) is 1.44. The van der Waals surface area contributed by atoms with E-state index in [4.69, 9.17) is 0 Å². The smallest absolute Gasteiger partial charge is 0.0146 e. The van der Waals surface area contributed by atoms with Crippen LogP contribution in [0.3, 0.4) is 0 Å². The summed E-state index contributed by atoms with van der Waals surface area (Å²) in [6.07, 6.45) is 0. The molecule has 7 heavy (non-hydrogen) atoms. The van der Waals surface area contributed by atoms with Crippen LogP contribution >= 0.6 is 0 Å².